The van der Waals surface area contributed by atoms with Crippen molar-refractivity contribution in [2.75, 3.05) is 32.8 Å². The molecule has 2 aromatic carbocycles. The summed E-state index contributed by atoms with van der Waals surface area (Å²) in [7, 11) is 0. The second-order valence-corrected chi connectivity index (χ2v) is 14.1. The van der Waals surface area contributed by atoms with E-state index in [9.17, 15) is 24.0 Å². The molecular formula is C37H47N5O8. The van der Waals surface area contributed by atoms with Crippen molar-refractivity contribution in [1.82, 2.24) is 24.9 Å². The van der Waals surface area contributed by atoms with Crippen LogP contribution in [0, 0.1) is 5.41 Å². The summed E-state index contributed by atoms with van der Waals surface area (Å²) in [6, 6.07) is 18.6. The van der Waals surface area contributed by atoms with Crippen molar-refractivity contribution in [2.24, 2.45) is 5.41 Å². The van der Waals surface area contributed by atoms with Crippen molar-refractivity contribution in [3.8, 4) is 11.6 Å². The van der Waals surface area contributed by atoms with E-state index in [1.165, 1.54) is 15.6 Å². The molecule has 1 N–H and O–H groups in total. The van der Waals surface area contributed by atoms with Gasteiger partial charge in [0.1, 0.15) is 24.9 Å². The summed E-state index contributed by atoms with van der Waals surface area (Å²) >= 11 is 0. The van der Waals surface area contributed by atoms with Gasteiger partial charge in [0.05, 0.1) is 5.69 Å². The molecule has 4 rings (SSSR count). The second kappa shape index (κ2) is 16.5. The normalized spacial score (nSPS) is 14.0. The van der Waals surface area contributed by atoms with Crippen molar-refractivity contribution in [3.63, 3.8) is 0 Å². The van der Waals surface area contributed by atoms with Crippen LogP contribution in [0.1, 0.15) is 70.4 Å². The van der Waals surface area contributed by atoms with E-state index in [1.807, 2.05) is 36.4 Å². The number of aromatic nitrogens is 2. The standard InChI is InChI=1S/C37H47N5O8/c1-36(2,3)30(43)25-48-31-23-29(39-42(31)27-15-11-8-12-16-27)33(45)38-28(17-18-32(44)50-37(4,5)6)34(46)40-19-21-41(22-20-40)35(47)49-24-26-13-9-7-10-14-26/h7-16,23,28H,17-22,24-25H2,1-6H3,(H,38,45). The molecule has 1 saturated heterocycles. The fourth-order valence-corrected chi connectivity index (χ4v) is 4.97. The molecule has 268 valence electrons. The summed E-state index contributed by atoms with van der Waals surface area (Å²) in [4.78, 5) is 68.5. The maximum atomic E-state index is 13.9. The smallest absolute Gasteiger partial charge is 0.410 e. The fourth-order valence-electron chi connectivity index (χ4n) is 4.97. The second-order valence-electron chi connectivity index (χ2n) is 14.1. The monoisotopic (exact) mass is 689 g/mol. The van der Waals surface area contributed by atoms with Gasteiger partial charge in [-0.15, -0.1) is 0 Å². The average Bonchev–Trinajstić information content (AvgIpc) is 3.52. The summed E-state index contributed by atoms with van der Waals surface area (Å²) in [5.74, 6) is -1.55. The Morgan fingerprint density at radius 2 is 1.44 bits per heavy atom. The van der Waals surface area contributed by atoms with Crippen LogP contribution in [-0.2, 0) is 30.5 Å². The largest absolute Gasteiger partial charge is 0.470 e. The molecule has 13 heteroatoms. The van der Waals surface area contributed by atoms with Gasteiger partial charge in [-0.3, -0.25) is 19.2 Å². The van der Waals surface area contributed by atoms with Gasteiger partial charge in [0.15, 0.2) is 11.5 Å². The lowest BCUT2D eigenvalue weighted by atomic mass is 9.91. The number of ketones is 1. The van der Waals surface area contributed by atoms with E-state index in [4.69, 9.17) is 14.2 Å². The molecule has 0 saturated carbocycles. The van der Waals surface area contributed by atoms with E-state index < -0.39 is 40.9 Å². The van der Waals surface area contributed by atoms with E-state index in [0.717, 1.165) is 5.56 Å². The van der Waals surface area contributed by atoms with Gasteiger partial charge in [0, 0.05) is 44.1 Å². The Hall–Kier alpha value is -5.20. The number of hydrogen-bond donors (Lipinski definition) is 1. The summed E-state index contributed by atoms with van der Waals surface area (Å²) in [6.07, 6.45) is -0.629. The molecule has 1 aliphatic heterocycles. The van der Waals surface area contributed by atoms with Crippen LogP contribution in [0.2, 0.25) is 0 Å². The van der Waals surface area contributed by atoms with Gasteiger partial charge in [-0.25, -0.2) is 9.48 Å². The van der Waals surface area contributed by atoms with Crippen LogP contribution in [0.15, 0.2) is 66.7 Å². The third-order valence-electron chi connectivity index (χ3n) is 7.81. The quantitative estimate of drug-likeness (QED) is 0.270. The van der Waals surface area contributed by atoms with Gasteiger partial charge in [-0.1, -0.05) is 69.3 Å². The van der Waals surface area contributed by atoms with Crippen molar-refractivity contribution >= 4 is 29.7 Å². The van der Waals surface area contributed by atoms with Crippen LogP contribution >= 0.6 is 0 Å². The average molecular weight is 690 g/mol. The van der Waals surface area contributed by atoms with E-state index in [2.05, 4.69) is 10.4 Å². The Balaban J connectivity index is 1.47. The molecule has 0 radical (unpaired) electrons. The van der Waals surface area contributed by atoms with E-state index in [1.54, 1.807) is 70.7 Å². The number of carbonyl (C=O) groups is 5. The van der Waals surface area contributed by atoms with E-state index in [0.29, 0.717) is 5.69 Å². The molecule has 1 fully saturated rings. The fraction of sp³-hybridized carbons (Fsp3) is 0.459. The Morgan fingerprint density at radius 1 is 0.840 bits per heavy atom. The number of hydrogen-bond acceptors (Lipinski definition) is 9. The summed E-state index contributed by atoms with van der Waals surface area (Å²) in [5.41, 5.74) is 0.0628. The van der Waals surface area contributed by atoms with Gasteiger partial charge in [-0.05, 0) is 44.9 Å². The van der Waals surface area contributed by atoms with Crippen LogP contribution < -0.4 is 10.1 Å². The topological polar surface area (TPSA) is 149 Å². The minimum Gasteiger partial charge on any atom is -0.470 e. The van der Waals surface area contributed by atoms with Crippen molar-refractivity contribution in [1.29, 1.82) is 0 Å². The highest BCUT2D eigenvalue weighted by atomic mass is 16.6. The van der Waals surface area contributed by atoms with E-state index >= 15 is 0 Å². The predicted octanol–water partition coefficient (Wildman–Crippen LogP) is 4.57. The number of para-hydroxylation sites is 1. The number of Topliss-reactive ketones (excluding diaryl/α,β-unsaturated/α-hetero) is 1. The Labute approximate surface area is 292 Å². The molecule has 13 nitrogen and oxygen atoms in total. The van der Waals surface area contributed by atoms with Crippen LogP contribution in [0.5, 0.6) is 5.88 Å². The summed E-state index contributed by atoms with van der Waals surface area (Å²) < 4.78 is 18.1. The molecule has 1 aliphatic rings. The molecule has 1 atom stereocenters. The van der Waals surface area contributed by atoms with Gasteiger partial charge >= 0.3 is 12.1 Å². The highest BCUT2D eigenvalue weighted by molar-refractivity contribution is 5.96. The number of rotatable bonds is 12. The molecular weight excluding hydrogens is 642 g/mol. The number of nitrogens with zero attached hydrogens (tertiary/aromatic N) is 4. The molecule has 50 heavy (non-hydrogen) atoms. The number of piperazine rings is 1. The first-order valence-electron chi connectivity index (χ1n) is 16.7. The zero-order valence-corrected chi connectivity index (χ0v) is 29.6. The Morgan fingerprint density at radius 3 is 2.04 bits per heavy atom. The maximum absolute atomic E-state index is 13.9. The van der Waals surface area contributed by atoms with Crippen molar-refractivity contribution in [3.05, 3.63) is 78.0 Å². The molecule has 0 bridgehead atoms. The lowest BCUT2D eigenvalue weighted by Crippen LogP contribution is -2.56. The van der Waals surface area contributed by atoms with Gasteiger partial charge in [0.2, 0.25) is 11.8 Å². The third-order valence-corrected chi connectivity index (χ3v) is 7.81. The van der Waals surface area contributed by atoms with Crippen LogP contribution in [0.4, 0.5) is 4.79 Å². The summed E-state index contributed by atoms with van der Waals surface area (Å²) in [5, 5.41) is 7.21. The highest BCUT2D eigenvalue weighted by Crippen LogP contribution is 2.22. The molecule has 0 spiro atoms. The Bertz CT molecular complexity index is 1640. The van der Waals surface area contributed by atoms with Crippen molar-refractivity contribution in [2.45, 2.75) is 72.6 Å². The van der Waals surface area contributed by atoms with Crippen LogP contribution in [0.3, 0.4) is 0 Å². The molecule has 3 aromatic rings. The third kappa shape index (κ3) is 10.9. The number of esters is 1. The van der Waals surface area contributed by atoms with Crippen LogP contribution in [0.25, 0.3) is 5.69 Å². The molecule has 0 aliphatic carbocycles. The number of carbonyl (C=O) groups excluding carboxylic acids is 5. The number of ether oxygens (including phenoxy) is 3. The zero-order valence-electron chi connectivity index (χ0n) is 29.6. The minimum atomic E-state index is -1.10. The lowest BCUT2D eigenvalue weighted by Gasteiger charge is -2.36. The maximum Gasteiger partial charge on any atom is 0.410 e. The first kappa shape index (κ1) is 37.6. The number of amides is 3. The van der Waals surface area contributed by atoms with Gasteiger partial charge in [-0.2, -0.15) is 5.10 Å². The van der Waals surface area contributed by atoms with E-state index in [-0.39, 0.29) is 69.6 Å². The predicted molar refractivity (Wildman–Crippen MR) is 185 cm³/mol. The minimum absolute atomic E-state index is 0.0261. The highest BCUT2D eigenvalue weighted by Gasteiger charge is 2.32. The molecule has 1 aromatic heterocycles. The summed E-state index contributed by atoms with van der Waals surface area (Å²) in [6.45, 7) is 11.4. The van der Waals surface area contributed by atoms with Gasteiger partial charge < -0.3 is 29.3 Å². The van der Waals surface area contributed by atoms with Crippen molar-refractivity contribution < 1.29 is 38.2 Å². The first-order chi connectivity index (χ1) is 23.6. The Kier molecular flexibility index (Phi) is 12.4. The first-order valence-corrected chi connectivity index (χ1v) is 16.7. The molecule has 3 amide bonds. The zero-order chi connectivity index (χ0) is 36.5. The van der Waals surface area contributed by atoms with Crippen LogP contribution in [-0.4, -0.2) is 93.7 Å². The number of benzene rings is 2. The SMILES string of the molecule is CC(C)(C)OC(=O)CCC(NC(=O)c1cc(OCC(=O)C(C)(C)C)n(-c2ccccc2)n1)C(=O)N1CCN(C(=O)OCc2ccccc2)CC1. The molecule has 2 heterocycles. The number of nitrogens with one attached hydrogen (secondary N) is 1. The lowest BCUT2D eigenvalue weighted by molar-refractivity contribution is -0.155. The molecule has 1 unspecified atom stereocenters. The van der Waals surface area contributed by atoms with Gasteiger partial charge in [0.25, 0.3) is 5.91 Å².